The molecule has 1 fully saturated rings. The van der Waals surface area contributed by atoms with Crippen molar-refractivity contribution >= 4 is 18.2 Å². The highest BCUT2D eigenvalue weighted by molar-refractivity contribution is 6.62. The lowest BCUT2D eigenvalue weighted by atomic mass is 9.80. The lowest BCUT2D eigenvalue weighted by Crippen LogP contribution is -2.41. The van der Waals surface area contributed by atoms with Crippen LogP contribution in [0.3, 0.4) is 0 Å². The molecule has 0 aromatic carbocycles. The molecule has 0 unspecified atom stereocenters. The Kier molecular flexibility index (Phi) is 2.53. The maximum Gasteiger partial charge on any atom is 0.495 e. The molecule has 3 rings (SSSR count). The van der Waals surface area contributed by atoms with Crippen molar-refractivity contribution in [2.24, 2.45) is 0 Å². The first-order valence-electron chi connectivity index (χ1n) is 6.47. The van der Waals surface area contributed by atoms with Crippen LogP contribution in [0.5, 0.6) is 0 Å². The van der Waals surface area contributed by atoms with Gasteiger partial charge in [0.25, 0.3) is 0 Å². The summed E-state index contributed by atoms with van der Waals surface area (Å²) in [6.07, 6.45) is 1.88. The van der Waals surface area contributed by atoms with Gasteiger partial charge in [-0.1, -0.05) is 0 Å². The van der Waals surface area contributed by atoms with Gasteiger partial charge < -0.3 is 9.31 Å². The fourth-order valence-electron chi connectivity index (χ4n) is 2.13. The number of hydrogen-bond donors (Lipinski definition) is 0. The van der Waals surface area contributed by atoms with E-state index in [-0.39, 0.29) is 18.3 Å². The van der Waals surface area contributed by atoms with Gasteiger partial charge in [-0.25, -0.2) is 9.50 Å². The predicted octanol–water partition coefficient (Wildman–Crippen LogP) is 1.34. The average molecular weight is 259 g/mol. The van der Waals surface area contributed by atoms with Crippen molar-refractivity contribution in [2.45, 2.75) is 45.8 Å². The number of aromatic nitrogens is 3. The van der Waals surface area contributed by atoms with Crippen LogP contribution >= 0.6 is 0 Å². The molecule has 3 heterocycles. The molecule has 0 saturated carbocycles. The summed E-state index contributed by atoms with van der Waals surface area (Å²) in [6, 6.07) is 3.92. The predicted molar refractivity (Wildman–Crippen MR) is 73.4 cm³/mol. The molecule has 1 saturated heterocycles. The van der Waals surface area contributed by atoms with Crippen molar-refractivity contribution in [3.63, 3.8) is 0 Å². The molecule has 0 bridgehead atoms. The molecule has 0 aliphatic carbocycles. The number of nitrogens with zero attached hydrogens (tertiary/aromatic N) is 3. The third kappa shape index (κ3) is 1.95. The fourth-order valence-corrected chi connectivity index (χ4v) is 2.13. The van der Waals surface area contributed by atoms with E-state index in [9.17, 15) is 0 Å². The third-order valence-corrected chi connectivity index (χ3v) is 3.99. The Balaban J connectivity index is 1.97. The van der Waals surface area contributed by atoms with Crippen LogP contribution < -0.4 is 5.46 Å². The number of aryl methyl sites for hydroxylation is 1. The van der Waals surface area contributed by atoms with E-state index in [1.165, 1.54) is 0 Å². The first-order valence-corrected chi connectivity index (χ1v) is 6.47. The van der Waals surface area contributed by atoms with Gasteiger partial charge in [-0.2, -0.15) is 5.10 Å². The Morgan fingerprint density at radius 1 is 1.16 bits per heavy atom. The zero-order chi connectivity index (χ0) is 13.8. The topological polar surface area (TPSA) is 48.7 Å². The Hall–Kier alpha value is -1.40. The lowest BCUT2D eigenvalue weighted by molar-refractivity contribution is 0.00578. The van der Waals surface area contributed by atoms with Crippen LogP contribution in [0, 0.1) is 6.92 Å². The van der Waals surface area contributed by atoms with E-state index in [4.69, 9.17) is 9.31 Å². The van der Waals surface area contributed by atoms with Gasteiger partial charge in [0.1, 0.15) is 5.82 Å². The van der Waals surface area contributed by atoms with Crippen LogP contribution in [-0.2, 0) is 9.31 Å². The molecule has 2 aromatic rings. The van der Waals surface area contributed by atoms with Crippen LogP contribution in [0.1, 0.15) is 33.5 Å². The van der Waals surface area contributed by atoms with Crippen molar-refractivity contribution in [1.29, 1.82) is 0 Å². The van der Waals surface area contributed by atoms with E-state index < -0.39 is 0 Å². The van der Waals surface area contributed by atoms with Gasteiger partial charge in [-0.15, -0.1) is 0 Å². The van der Waals surface area contributed by atoms with Gasteiger partial charge in [0.05, 0.1) is 11.2 Å². The molecule has 0 radical (unpaired) electrons. The summed E-state index contributed by atoms with van der Waals surface area (Å²) in [7, 11) is -0.355. The molecule has 0 amide bonds. The Morgan fingerprint density at radius 3 is 2.42 bits per heavy atom. The molecular formula is C13H18BN3O2. The van der Waals surface area contributed by atoms with Crippen LogP contribution in [0.15, 0.2) is 18.3 Å². The summed E-state index contributed by atoms with van der Waals surface area (Å²) in [5, 5.41) is 4.26. The summed E-state index contributed by atoms with van der Waals surface area (Å²) in [5.74, 6) is 0.756. The molecule has 2 aromatic heterocycles. The van der Waals surface area contributed by atoms with E-state index in [0.29, 0.717) is 0 Å². The molecule has 6 heteroatoms. The highest BCUT2D eigenvalue weighted by Crippen LogP contribution is 2.36. The van der Waals surface area contributed by atoms with E-state index in [1.807, 2.05) is 52.9 Å². The van der Waals surface area contributed by atoms with Crippen molar-refractivity contribution in [3.8, 4) is 0 Å². The van der Waals surface area contributed by atoms with E-state index in [0.717, 1.165) is 16.9 Å². The lowest BCUT2D eigenvalue weighted by Gasteiger charge is -2.32. The largest absolute Gasteiger partial charge is 0.495 e. The smallest absolute Gasteiger partial charge is 0.399 e. The van der Waals surface area contributed by atoms with Gasteiger partial charge in [0.15, 0.2) is 5.65 Å². The maximum atomic E-state index is 6.03. The first-order chi connectivity index (χ1) is 8.78. The standard InChI is InChI=1S/C13H18BN3O2/c1-9-15-11-8-10(6-7-17(11)16-9)14-18-12(2,3)13(4,5)19-14/h6-8H,1-5H3. The fraction of sp³-hybridized carbons (Fsp3) is 0.538. The molecular weight excluding hydrogens is 241 g/mol. The second-order valence-corrected chi connectivity index (χ2v) is 6.01. The van der Waals surface area contributed by atoms with Gasteiger partial charge in [0.2, 0.25) is 0 Å². The number of hydrogen-bond acceptors (Lipinski definition) is 4. The summed E-state index contributed by atoms with van der Waals surface area (Å²) in [6.45, 7) is 10.1. The Labute approximate surface area is 113 Å². The van der Waals surface area contributed by atoms with Gasteiger partial charge >= 0.3 is 7.12 Å². The van der Waals surface area contributed by atoms with E-state index in [2.05, 4.69) is 10.1 Å². The minimum absolute atomic E-state index is 0.326. The monoisotopic (exact) mass is 259 g/mol. The normalized spacial score (nSPS) is 21.2. The summed E-state index contributed by atoms with van der Waals surface area (Å²) in [5.41, 5.74) is 1.13. The van der Waals surface area contributed by atoms with Gasteiger partial charge in [0, 0.05) is 6.20 Å². The quantitative estimate of drug-likeness (QED) is 0.725. The summed E-state index contributed by atoms with van der Waals surface area (Å²) < 4.78 is 13.8. The molecule has 0 N–H and O–H groups in total. The molecule has 1 aliphatic heterocycles. The highest BCUT2D eigenvalue weighted by Gasteiger charge is 2.51. The molecule has 19 heavy (non-hydrogen) atoms. The SMILES string of the molecule is Cc1nc2cc(B3OC(C)(C)C(C)(C)O3)ccn2n1. The van der Waals surface area contributed by atoms with Gasteiger partial charge in [-0.3, -0.25) is 0 Å². The van der Waals surface area contributed by atoms with E-state index in [1.54, 1.807) is 4.52 Å². The number of fused-ring (bicyclic) bond motifs is 1. The van der Waals surface area contributed by atoms with Crippen molar-refractivity contribution in [1.82, 2.24) is 14.6 Å². The maximum absolute atomic E-state index is 6.03. The average Bonchev–Trinajstić information content (AvgIpc) is 2.74. The summed E-state index contributed by atoms with van der Waals surface area (Å²) >= 11 is 0. The van der Waals surface area contributed by atoms with Gasteiger partial charge in [-0.05, 0) is 52.2 Å². The second-order valence-electron chi connectivity index (χ2n) is 6.01. The van der Waals surface area contributed by atoms with Crippen LogP contribution in [-0.4, -0.2) is 32.9 Å². The Bertz CT molecular complexity index is 620. The third-order valence-electron chi connectivity index (χ3n) is 3.99. The van der Waals surface area contributed by atoms with Crippen LogP contribution in [0.25, 0.3) is 5.65 Å². The minimum Gasteiger partial charge on any atom is -0.399 e. The molecule has 100 valence electrons. The number of rotatable bonds is 1. The van der Waals surface area contributed by atoms with E-state index >= 15 is 0 Å². The Morgan fingerprint density at radius 2 is 1.79 bits per heavy atom. The minimum atomic E-state index is -0.355. The van der Waals surface area contributed by atoms with Crippen molar-refractivity contribution < 1.29 is 9.31 Å². The van der Waals surface area contributed by atoms with Crippen LogP contribution in [0.2, 0.25) is 0 Å². The number of pyridine rings is 1. The van der Waals surface area contributed by atoms with Crippen LogP contribution in [0.4, 0.5) is 0 Å². The zero-order valence-corrected chi connectivity index (χ0v) is 12.0. The molecule has 5 nitrogen and oxygen atoms in total. The first kappa shape index (κ1) is 12.6. The van der Waals surface area contributed by atoms with Crippen molar-refractivity contribution in [2.75, 3.05) is 0 Å². The highest BCUT2D eigenvalue weighted by atomic mass is 16.7. The second kappa shape index (κ2) is 3.80. The van der Waals surface area contributed by atoms with Crippen molar-refractivity contribution in [3.05, 3.63) is 24.2 Å². The molecule has 0 atom stereocenters. The zero-order valence-electron chi connectivity index (χ0n) is 12.0. The molecule has 1 aliphatic rings. The summed E-state index contributed by atoms with van der Waals surface area (Å²) in [4.78, 5) is 4.36. The molecule has 0 spiro atoms.